The number of nitrogens with zero attached hydrogens (tertiary/aromatic N) is 4. The summed E-state index contributed by atoms with van der Waals surface area (Å²) in [6, 6.07) is 15.6. The van der Waals surface area contributed by atoms with Gasteiger partial charge in [0, 0.05) is 21.7 Å². The number of para-hydroxylation sites is 1. The highest BCUT2D eigenvalue weighted by Crippen LogP contribution is 2.37. The maximum atomic E-state index is 13.0. The van der Waals surface area contributed by atoms with Crippen molar-refractivity contribution in [3.8, 4) is 5.69 Å². The Hall–Kier alpha value is -1.96. The van der Waals surface area contributed by atoms with Crippen LogP contribution in [0.4, 0.5) is 5.69 Å². The van der Waals surface area contributed by atoms with Crippen LogP contribution in [-0.2, 0) is 4.79 Å². The molecule has 5 nitrogen and oxygen atoms in total. The molecule has 28 heavy (non-hydrogen) atoms. The van der Waals surface area contributed by atoms with Crippen molar-refractivity contribution >= 4 is 46.7 Å². The molecule has 1 atom stereocenters. The molecular formula is C20H19ClN4OS2. The van der Waals surface area contributed by atoms with Gasteiger partial charge in [0.1, 0.15) is 6.33 Å². The summed E-state index contributed by atoms with van der Waals surface area (Å²) in [5.41, 5.74) is 1.87. The van der Waals surface area contributed by atoms with Crippen molar-refractivity contribution in [2.45, 2.75) is 28.6 Å². The molecule has 0 aliphatic carbocycles. The molecule has 0 saturated heterocycles. The van der Waals surface area contributed by atoms with E-state index >= 15 is 0 Å². The van der Waals surface area contributed by atoms with Crippen molar-refractivity contribution in [2.24, 2.45) is 0 Å². The molecule has 1 aliphatic rings. The van der Waals surface area contributed by atoms with Crippen LogP contribution in [0, 0.1) is 0 Å². The zero-order valence-electron chi connectivity index (χ0n) is 15.3. The topological polar surface area (TPSA) is 51.0 Å². The standard InChI is InChI=1S/C20H19ClN4OS2/c1-14-9-10-24(17-7-2-3-8-18(17)28-14)19(26)12-27-20-23-22-13-25(20)16-6-4-5-15(21)11-16/h2-8,11,13-14H,9-10,12H2,1H3. The average Bonchev–Trinajstić information content (AvgIpc) is 3.09. The number of hydrogen-bond acceptors (Lipinski definition) is 5. The van der Waals surface area contributed by atoms with Gasteiger partial charge in [0.25, 0.3) is 0 Å². The summed E-state index contributed by atoms with van der Waals surface area (Å²) in [7, 11) is 0. The van der Waals surface area contributed by atoms with Crippen molar-refractivity contribution < 1.29 is 4.79 Å². The number of anilines is 1. The zero-order chi connectivity index (χ0) is 19.5. The lowest BCUT2D eigenvalue weighted by atomic mass is 10.2. The molecule has 4 rings (SSSR count). The van der Waals surface area contributed by atoms with Gasteiger partial charge in [0.15, 0.2) is 5.16 Å². The molecule has 0 spiro atoms. The molecule has 2 aromatic carbocycles. The maximum absolute atomic E-state index is 13.0. The Kier molecular flexibility index (Phi) is 5.94. The molecule has 0 N–H and O–H groups in total. The number of thioether (sulfide) groups is 2. The quantitative estimate of drug-likeness (QED) is 0.549. The van der Waals surface area contributed by atoms with E-state index in [2.05, 4.69) is 23.2 Å². The minimum Gasteiger partial charge on any atom is -0.311 e. The number of rotatable bonds is 4. The van der Waals surface area contributed by atoms with E-state index in [-0.39, 0.29) is 5.91 Å². The van der Waals surface area contributed by atoms with Crippen molar-refractivity contribution in [1.82, 2.24) is 14.8 Å². The fourth-order valence-corrected chi connectivity index (χ4v) is 5.18. The second kappa shape index (κ2) is 8.59. The first-order chi connectivity index (χ1) is 13.6. The molecule has 1 aromatic heterocycles. The highest BCUT2D eigenvalue weighted by molar-refractivity contribution is 8.00. The number of amides is 1. The fraction of sp³-hybridized carbons (Fsp3) is 0.250. The third-order valence-corrected chi connectivity index (χ3v) is 6.87. The van der Waals surface area contributed by atoms with Gasteiger partial charge in [-0.05, 0) is 36.8 Å². The minimum absolute atomic E-state index is 0.0767. The Balaban J connectivity index is 1.51. The number of fused-ring (bicyclic) bond motifs is 1. The Morgan fingerprint density at radius 1 is 1.29 bits per heavy atom. The molecule has 8 heteroatoms. The van der Waals surface area contributed by atoms with Gasteiger partial charge >= 0.3 is 0 Å². The van der Waals surface area contributed by atoms with Gasteiger partial charge in [-0.1, -0.05) is 48.5 Å². The van der Waals surface area contributed by atoms with Gasteiger partial charge < -0.3 is 4.90 Å². The largest absolute Gasteiger partial charge is 0.311 e. The van der Waals surface area contributed by atoms with E-state index in [0.29, 0.717) is 21.2 Å². The first kappa shape index (κ1) is 19.4. The zero-order valence-corrected chi connectivity index (χ0v) is 17.7. The number of hydrogen-bond donors (Lipinski definition) is 0. The van der Waals surface area contributed by atoms with Crippen LogP contribution in [0.3, 0.4) is 0 Å². The normalized spacial score (nSPS) is 16.5. The molecule has 1 aliphatic heterocycles. The van der Waals surface area contributed by atoms with Crippen molar-refractivity contribution in [2.75, 3.05) is 17.2 Å². The molecule has 0 fully saturated rings. The second-order valence-corrected chi connectivity index (χ2v) is 9.34. The molecule has 0 saturated carbocycles. The number of aromatic nitrogens is 3. The molecule has 144 valence electrons. The SMILES string of the molecule is CC1CCN(C(=O)CSc2nncn2-c2cccc(Cl)c2)c2ccccc2S1. The van der Waals surface area contributed by atoms with Crippen molar-refractivity contribution in [3.05, 3.63) is 59.9 Å². The van der Waals surface area contributed by atoms with E-state index in [4.69, 9.17) is 11.6 Å². The van der Waals surface area contributed by atoms with Gasteiger partial charge in [-0.3, -0.25) is 9.36 Å². The van der Waals surface area contributed by atoms with Crippen LogP contribution in [-0.4, -0.2) is 38.2 Å². The van der Waals surface area contributed by atoms with Crippen LogP contribution in [0.15, 0.2) is 64.9 Å². The van der Waals surface area contributed by atoms with E-state index < -0.39 is 0 Å². The minimum atomic E-state index is 0.0767. The monoisotopic (exact) mass is 430 g/mol. The van der Waals surface area contributed by atoms with E-state index in [1.54, 1.807) is 6.33 Å². The Morgan fingerprint density at radius 2 is 2.14 bits per heavy atom. The van der Waals surface area contributed by atoms with E-state index in [1.807, 2.05) is 63.7 Å². The molecule has 1 amide bonds. The highest BCUT2D eigenvalue weighted by Gasteiger charge is 2.24. The molecule has 1 unspecified atom stereocenters. The van der Waals surface area contributed by atoms with Crippen LogP contribution >= 0.6 is 35.1 Å². The van der Waals surface area contributed by atoms with Crippen molar-refractivity contribution in [1.29, 1.82) is 0 Å². The highest BCUT2D eigenvalue weighted by atomic mass is 35.5. The van der Waals surface area contributed by atoms with Crippen LogP contribution in [0.1, 0.15) is 13.3 Å². The third kappa shape index (κ3) is 4.21. The van der Waals surface area contributed by atoms with Gasteiger partial charge in [-0.2, -0.15) is 0 Å². The predicted molar refractivity (Wildman–Crippen MR) is 116 cm³/mol. The van der Waals surface area contributed by atoms with E-state index in [1.165, 1.54) is 11.8 Å². The summed E-state index contributed by atoms with van der Waals surface area (Å²) in [6.07, 6.45) is 2.60. The van der Waals surface area contributed by atoms with Crippen LogP contribution in [0.25, 0.3) is 5.69 Å². The van der Waals surface area contributed by atoms with Crippen LogP contribution < -0.4 is 4.90 Å². The third-order valence-electron chi connectivity index (χ3n) is 4.47. The summed E-state index contributed by atoms with van der Waals surface area (Å²) < 4.78 is 1.85. The van der Waals surface area contributed by atoms with Crippen molar-refractivity contribution in [3.63, 3.8) is 0 Å². The smallest absolute Gasteiger partial charge is 0.237 e. The maximum Gasteiger partial charge on any atom is 0.237 e. The number of halogens is 1. The lowest BCUT2D eigenvalue weighted by molar-refractivity contribution is -0.116. The Bertz CT molecular complexity index is 994. The van der Waals surface area contributed by atoms with Gasteiger partial charge in [0.05, 0.1) is 17.1 Å². The number of carbonyl (C=O) groups is 1. The molecule has 0 radical (unpaired) electrons. The molecular weight excluding hydrogens is 412 g/mol. The van der Waals surface area contributed by atoms with E-state index in [0.717, 1.165) is 29.2 Å². The van der Waals surface area contributed by atoms with Gasteiger partial charge in [-0.15, -0.1) is 22.0 Å². The van der Waals surface area contributed by atoms with Gasteiger partial charge in [0.2, 0.25) is 5.91 Å². The fourth-order valence-electron chi connectivity index (χ4n) is 3.08. The first-order valence-electron chi connectivity index (χ1n) is 8.96. The summed E-state index contributed by atoms with van der Waals surface area (Å²) in [5, 5.41) is 9.97. The Morgan fingerprint density at radius 3 is 3.00 bits per heavy atom. The number of benzene rings is 2. The lowest BCUT2D eigenvalue weighted by Crippen LogP contribution is -2.33. The summed E-state index contributed by atoms with van der Waals surface area (Å²) in [5.74, 6) is 0.375. The summed E-state index contributed by atoms with van der Waals surface area (Å²) >= 11 is 9.31. The lowest BCUT2D eigenvalue weighted by Gasteiger charge is -2.22. The average molecular weight is 431 g/mol. The van der Waals surface area contributed by atoms with Crippen LogP contribution in [0.2, 0.25) is 5.02 Å². The molecule has 2 heterocycles. The second-order valence-electron chi connectivity index (χ2n) is 6.48. The first-order valence-corrected chi connectivity index (χ1v) is 11.2. The Labute approximate surface area is 177 Å². The van der Waals surface area contributed by atoms with E-state index in [9.17, 15) is 4.79 Å². The number of carbonyl (C=O) groups excluding carboxylic acids is 1. The summed E-state index contributed by atoms with van der Waals surface area (Å²) in [6.45, 7) is 2.93. The van der Waals surface area contributed by atoms with Gasteiger partial charge in [-0.25, -0.2) is 0 Å². The molecule has 3 aromatic rings. The predicted octanol–water partition coefficient (Wildman–Crippen LogP) is 4.93. The molecule has 0 bridgehead atoms. The van der Waals surface area contributed by atoms with Crippen LogP contribution in [0.5, 0.6) is 0 Å². The summed E-state index contributed by atoms with van der Waals surface area (Å²) in [4.78, 5) is 16.1.